The molecule has 1 aromatic heterocycles. The highest BCUT2D eigenvalue weighted by Crippen LogP contribution is 2.62. The van der Waals surface area contributed by atoms with Crippen molar-refractivity contribution < 1.29 is 4.42 Å². The first-order valence-electron chi connectivity index (χ1n) is 12.9. The Hall–Kier alpha value is -4.43. The van der Waals surface area contributed by atoms with Gasteiger partial charge in [0.1, 0.15) is 5.52 Å². The summed E-state index contributed by atoms with van der Waals surface area (Å²) in [5.74, 6) is 0.667. The molecule has 8 rings (SSSR count). The third kappa shape index (κ3) is 2.52. The van der Waals surface area contributed by atoms with Gasteiger partial charge < -0.3 is 4.42 Å². The summed E-state index contributed by atoms with van der Waals surface area (Å²) in [6, 6.07) is 41.7. The van der Waals surface area contributed by atoms with E-state index in [1.807, 2.05) is 24.3 Å². The lowest BCUT2D eigenvalue weighted by Crippen LogP contribution is -2.40. The Bertz CT molecular complexity index is 1790. The maximum absolute atomic E-state index is 6.20. The third-order valence-corrected chi connectivity index (χ3v) is 8.59. The van der Waals surface area contributed by atoms with Gasteiger partial charge in [0.15, 0.2) is 5.58 Å². The van der Waals surface area contributed by atoms with Crippen LogP contribution in [0.5, 0.6) is 0 Å². The number of hydrogen-bond donors (Lipinski definition) is 0. The molecule has 2 aliphatic carbocycles. The molecule has 0 atom stereocenters. The predicted molar refractivity (Wildman–Crippen MR) is 149 cm³/mol. The highest BCUT2D eigenvalue weighted by atomic mass is 16.3. The Labute approximate surface area is 216 Å². The summed E-state index contributed by atoms with van der Waals surface area (Å²) in [6.07, 6.45) is 0. The lowest BCUT2D eigenvalue weighted by molar-refractivity contribution is 0.562. The summed E-state index contributed by atoms with van der Waals surface area (Å²) in [5.41, 5.74) is 12.9. The molecule has 0 radical (unpaired) electrons. The highest BCUT2D eigenvalue weighted by Gasteiger charge is 2.53. The van der Waals surface area contributed by atoms with Crippen LogP contribution in [0.3, 0.4) is 0 Å². The second-order valence-corrected chi connectivity index (χ2v) is 10.8. The summed E-state index contributed by atoms with van der Waals surface area (Å²) >= 11 is 0. The number of fused-ring (bicyclic) bond motifs is 10. The minimum absolute atomic E-state index is 0.189. The second-order valence-electron chi connectivity index (χ2n) is 10.8. The largest absolute Gasteiger partial charge is 0.436 e. The number of benzene rings is 5. The highest BCUT2D eigenvalue weighted by molar-refractivity contribution is 5.88. The summed E-state index contributed by atoms with van der Waals surface area (Å²) in [6.45, 7) is 4.69. The standard InChI is InChI=1S/C35H25NO/c1-34(2)27-15-7-8-16-28(27)35(25-13-5-3-11-23(25)24-12-4-6-14-26(24)35)29-20-19-22(21-30(29)34)33-36-31-17-9-10-18-32(31)37-33/h3-21H,1-2H3. The van der Waals surface area contributed by atoms with Gasteiger partial charge in [0.05, 0.1) is 5.41 Å². The normalized spacial score (nSPS) is 15.7. The van der Waals surface area contributed by atoms with E-state index in [0.717, 1.165) is 16.7 Å². The molecular weight excluding hydrogens is 450 g/mol. The first-order chi connectivity index (χ1) is 18.1. The molecule has 2 aliphatic rings. The Kier molecular flexibility index (Phi) is 3.96. The van der Waals surface area contributed by atoms with Crippen molar-refractivity contribution >= 4 is 11.1 Å². The van der Waals surface area contributed by atoms with Crippen molar-refractivity contribution in [2.75, 3.05) is 0 Å². The van der Waals surface area contributed by atoms with Crippen molar-refractivity contribution in [1.82, 2.24) is 4.98 Å². The van der Waals surface area contributed by atoms with Gasteiger partial charge >= 0.3 is 0 Å². The molecule has 0 unspecified atom stereocenters. The number of hydrogen-bond acceptors (Lipinski definition) is 2. The van der Waals surface area contributed by atoms with Crippen LogP contribution in [0.2, 0.25) is 0 Å². The van der Waals surface area contributed by atoms with Gasteiger partial charge in [-0.25, -0.2) is 4.98 Å². The van der Waals surface area contributed by atoms with Gasteiger partial charge in [0.2, 0.25) is 5.89 Å². The zero-order valence-electron chi connectivity index (χ0n) is 20.8. The monoisotopic (exact) mass is 475 g/mol. The Balaban J connectivity index is 1.49. The lowest BCUT2D eigenvalue weighted by Gasteiger charge is -2.46. The van der Waals surface area contributed by atoms with Gasteiger partial charge in [0, 0.05) is 11.0 Å². The van der Waals surface area contributed by atoms with Gasteiger partial charge in [-0.3, -0.25) is 0 Å². The van der Waals surface area contributed by atoms with E-state index < -0.39 is 0 Å². The molecule has 2 nitrogen and oxygen atoms in total. The molecule has 2 heteroatoms. The van der Waals surface area contributed by atoms with Gasteiger partial charge in [0.25, 0.3) is 0 Å². The Morgan fingerprint density at radius 2 is 1.11 bits per heavy atom. The third-order valence-electron chi connectivity index (χ3n) is 8.59. The minimum Gasteiger partial charge on any atom is -0.436 e. The van der Waals surface area contributed by atoms with Gasteiger partial charge in [-0.1, -0.05) is 105 Å². The van der Waals surface area contributed by atoms with Gasteiger partial charge in [-0.05, 0) is 68.8 Å². The molecule has 0 saturated heterocycles. The molecular formula is C35H25NO. The number of nitrogens with zero attached hydrogens (tertiary/aromatic N) is 1. The maximum atomic E-state index is 6.20. The van der Waals surface area contributed by atoms with E-state index in [2.05, 4.69) is 105 Å². The van der Waals surface area contributed by atoms with E-state index in [0.29, 0.717) is 5.89 Å². The molecule has 0 N–H and O–H groups in total. The summed E-state index contributed by atoms with van der Waals surface area (Å²) < 4.78 is 6.20. The molecule has 37 heavy (non-hydrogen) atoms. The number of oxazole rings is 1. The average molecular weight is 476 g/mol. The second kappa shape index (κ2) is 7.08. The fourth-order valence-electron chi connectivity index (χ4n) is 6.98. The van der Waals surface area contributed by atoms with E-state index in [1.54, 1.807) is 0 Å². The first kappa shape index (κ1) is 20.7. The Morgan fingerprint density at radius 1 is 0.541 bits per heavy atom. The van der Waals surface area contributed by atoms with Crippen LogP contribution in [-0.2, 0) is 10.8 Å². The van der Waals surface area contributed by atoms with Crippen molar-refractivity contribution in [1.29, 1.82) is 0 Å². The number of rotatable bonds is 1. The summed E-state index contributed by atoms with van der Waals surface area (Å²) in [7, 11) is 0. The van der Waals surface area contributed by atoms with Crippen molar-refractivity contribution in [2.45, 2.75) is 24.7 Å². The van der Waals surface area contributed by atoms with E-state index in [1.165, 1.54) is 44.5 Å². The molecule has 6 aromatic rings. The quantitative estimate of drug-likeness (QED) is 0.238. The van der Waals surface area contributed by atoms with Gasteiger partial charge in [-0.2, -0.15) is 0 Å². The zero-order chi connectivity index (χ0) is 24.8. The van der Waals surface area contributed by atoms with Crippen molar-refractivity contribution in [3.8, 4) is 22.6 Å². The molecule has 1 heterocycles. The fourth-order valence-corrected chi connectivity index (χ4v) is 6.98. The predicted octanol–water partition coefficient (Wildman–Crippen LogP) is 8.50. The first-order valence-corrected chi connectivity index (χ1v) is 12.9. The van der Waals surface area contributed by atoms with Crippen LogP contribution in [0.4, 0.5) is 0 Å². The van der Waals surface area contributed by atoms with E-state index in [4.69, 9.17) is 9.40 Å². The minimum atomic E-state index is -0.367. The van der Waals surface area contributed by atoms with Gasteiger partial charge in [-0.15, -0.1) is 0 Å². The average Bonchev–Trinajstić information content (AvgIpc) is 3.50. The van der Waals surface area contributed by atoms with Crippen LogP contribution in [-0.4, -0.2) is 4.98 Å². The van der Waals surface area contributed by atoms with E-state index in [-0.39, 0.29) is 10.8 Å². The Morgan fingerprint density at radius 3 is 1.81 bits per heavy atom. The van der Waals surface area contributed by atoms with Crippen molar-refractivity contribution in [3.05, 3.63) is 149 Å². The summed E-state index contributed by atoms with van der Waals surface area (Å²) in [4.78, 5) is 4.82. The van der Waals surface area contributed by atoms with Crippen LogP contribution < -0.4 is 0 Å². The van der Waals surface area contributed by atoms with Crippen molar-refractivity contribution in [3.63, 3.8) is 0 Å². The number of aromatic nitrogens is 1. The van der Waals surface area contributed by atoms with E-state index >= 15 is 0 Å². The van der Waals surface area contributed by atoms with Crippen LogP contribution >= 0.6 is 0 Å². The molecule has 0 fully saturated rings. The fraction of sp³-hybridized carbons (Fsp3) is 0.114. The SMILES string of the molecule is CC1(C)c2ccccc2C2(c3ccccc3-c3ccccc32)c2ccc(-c3nc4ccccc4o3)cc21. The molecule has 0 aliphatic heterocycles. The van der Waals surface area contributed by atoms with Crippen LogP contribution in [0.15, 0.2) is 120 Å². The number of para-hydroxylation sites is 2. The molecule has 1 spiro atoms. The molecule has 0 saturated carbocycles. The lowest BCUT2D eigenvalue weighted by atomic mass is 9.55. The van der Waals surface area contributed by atoms with Crippen molar-refractivity contribution in [2.24, 2.45) is 0 Å². The smallest absolute Gasteiger partial charge is 0.227 e. The zero-order valence-corrected chi connectivity index (χ0v) is 20.8. The maximum Gasteiger partial charge on any atom is 0.227 e. The molecule has 0 amide bonds. The summed E-state index contributed by atoms with van der Waals surface area (Å²) in [5, 5.41) is 0. The van der Waals surface area contributed by atoms with Crippen LogP contribution in [0.1, 0.15) is 47.2 Å². The molecule has 0 bridgehead atoms. The van der Waals surface area contributed by atoms with E-state index in [9.17, 15) is 0 Å². The topological polar surface area (TPSA) is 26.0 Å². The van der Waals surface area contributed by atoms with Crippen LogP contribution in [0, 0.1) is 0 Å². The van der Waals surface area contributed by atoms with Crippen LogP contribution in [0.25, 0.3) is 33.7 Å². The molecule has 176 valence electrons. The molecule has 5 aromatic carbocycles.